The first-order valence-corrected chi connectivity index (χ1v) is 10.2. The van der Waals surface area contributed by atoms with Crippen LogP contribution in [0, 0.1) is 12.3 Å². The lowest BCUT2D eigenvalue weighted by Crippen LogP contribution is -2.27. The number of hydrogen-bond acceptors (Lipinski definition) is 5. The Labute approximate surface area is 169 Å². The Morgan fingerprint density at radius 3 is 2.66 bits per heavy atom. The third kappa shape index (κ3) is 4.87. The Morgan fingerprint density at radius 2 is 2.00 bits per heavy atom. The van der Waals surface area contributed by atoms with Crippen molar-refractivity contribution in [2.75, 3.05) is 6.54 Å². The van der Waals surface area contributed by atoms with Gasteiger partial charge in [0.15, 0.2) is 0 Å². The number of rotatable bonds is 7. The first-order chi connectivity index (χ1) is 13.9. The van der Waals surface area contributed by atoms with Crippen LogP contribution in [0.3, 0.4) is 0 Å². The Bertz CT molecular complexity index is 1130. The Morgan fingerprint density at radius 1 is 1.24 bits per heavy atom. The summed E-state index contributed by atoms with van der Waals surface area (Å²) < 4.78 is 28.3. The molecule has 3 aromatic rings. The fourth-order valence-corrected chi connectivity index (χ4v) is 3.62. The predicted molar refractivity (Wildman–Crippen MR) is 108 cm³/mol. The first-order valence-electron chi connectivity index (χ1n) is 8.70. The SMILES string of the molecule is C#CCNS(=O)(=O)c1cccc(C(=O)N[C@@H](C)c2ccc(-n3cncn3)cc2)c1. The molecule has 3 rings (SSSR count). The van der Waals surface area contributed by atoms with E-state index in [1.807, 2.05) is 31.2 Å². The third-order valence-corrected chi connectivity index (χ3v) is 5.59. The summed E-state index contributed by atoms with van der Waals surface area (Å²) in [5.41, 5.74) is 1.98. The van der Waals surface area contributed by atoms with E-state index in [1.54, 1.807) is 17.1 Å². The molecule has 1 atom stereocenters. The average Bonchev–Trinajstić information content (AvgIpc) is 3.27. The molecule has 0 unspecified atom stereocenters. The van der Waals surface area contributed by atoms with Gasteiger partial charge in [0.05, 0.1) is 23.2 Å². The number of terminal acetylenes is 1. The molecule has 0 fully saturated rings. The van der Waals surface area contributed by atoms with Crippen LogP contribution in [0.4, 0.5) is 0 Å². The summed E-state index contributed by atoms with van der Waals surface area (Å²) in [5, 5.41) is 6.93. The van der Waals surface area contributed by atoms with E-state index in [4.69, 9.17) is 6.42 Å². The molecule has 9 heteroatoms. The first kappa shape index (κ1) is 20.3. The van der Waals surface area contributed by atoms with Crippen molar-refractivity contribution < 1.29 is 13.2 Å². The van der Waals surface area contributed by atoms with Crippen LogP contribution in [-0.2, 0) is 10.0 Å². The van der Waals surface area contributed by atoms with E-state index in [1.165, 1.54) is 24.5 Å². The molecule has 0 aliphatic carbocycles. The lowest BCUT2D eigenvalue weighted by molar-refractivity contribution is 0.0939. The summed E-state index contributed by atoms with van der Waals surface area (Å²) in [5.74, 6) is 1.83. The number of benzene rings is 2. The number of hydrogen-bond donors (Lipinski definition) is 2. The number of sulfonamides is 1. The molecule has 0 saturated heterocycles. The number of nitrogens with one attached hydrogen (secondary N) is 2. The van der Waals surface area contributed by atoms with E-state index in [-0.39, 0.29) is 29.0 Å². The molecule has 0 radical (unpaired) electrons. The molecule has 29 heavy (non-hydrogen) atoms. The second-order valence-electron chi connectivity index (χ2n) is 6.18. The van der Waals surface area contributed by atoms with Crippen molar-refractivity contribution in [1.82, 2.24) is 24.8 Å². The van der Waals surface area contributed by atoms with Gasteiger partial charge in [0.25, 0.3) is 5.91 Å². The van der Waals surface area contributed by atoms with Gasteiger partial charge in [0.1, 0.15) is 12.7 Å². The van der Waals surface area contributed by atoms with E-state index < -0.39 is 10.0 Å². The molecule has 8 nitrogen and oxygen atoms in total. The zero-order valence-electron chi connectivity index (χ0n) is 15.6. The minimum absolute atomic E-state index is 0.0229. The van der Waals surface area contributed by atoms with E-state index in [9.17, 15) is 13.2 Å². The summed E-state index contributed by atoms with van der Waals surface area (Å²) in [6.07, 6.45) is 8.14. The maximum absolute atomic E-state index is 12.6. The summed E-state index contributed by atoms with van der Waals surface area (Å²) in [6, 6.07) is 13.0. The van der Waals surface area contributed by atoms with Crippen molar-refractivity contribution in [3.05, 3.63) is 72.3 Å². The van der Waals surface area contributed by atoms with Crippen molar-refractivity contribution >= 4 is 15.9 Å². The number of carbonyl (C=O) groups excluding carboxylic acids is 1. The molecule has 0 aliphatic rings. The zero-order chi connectivity index (χ0) is 20.9. The third-order valence-electron chi connectivity index (χ3n) is 4.19. The molecule has 1 amide bonds. The van der Waals surface area contributed by atoms with Crippen molar-refractivity contribution in [2.45, 2.75) is 17.9 Å². The van der Waals surface area contributed by atoms with Crippen LogP contribution in [0.5, 0.6) is 0 Å². The van der Waals surface area contributed by atoms with Gasteiger partial charge >= 0.3 is 0 Å². The van der Waals surface area contributed by atoms with Gasteiger partial charge in [-0.3, -0.25) is 4.79 Å². The summed E-state index contributed by atoms with van der Waals surface area (Å²) in [4.78, 5) is 16.5. The predicted octanol–water partition coefficient (Wildman–Crippen LogP) is 1.67. The van der Waals surface area contributed by atoms with Crippen molar-refractivity contribution in [3.8, 4) is 18.0 Å². The van der Waals surface area contributed by atoms with Crippen LogP contribution in [-0.4, -0.2) is 35.6 Å². The highest BCUT2D eigenvalue weighted by Gasteiger charge is 2.17. The minimum Gasteiger partial charge on any atom is -0.346 e. The number of amides is 1. The van der Waals surface area contributed by atoms with Crippen LogP contribution in [0.15, 0.2) is 66.1 Å². The minimum atomic E-state index is -3.77. The highest BCUT2D eigenvalue weighted by Crippen LogP contribution is 2.17. The monoisotopic (exact) mass is 409 g/mol. The molecular formula is C20H19N5O3S. The van der Waals surface area contributed by atoms with E-state index >= 15 is 0 Å². The van der Waals surface area contributed by atoms with Gasteiger partial charge < -0.3 is 5.32 Å². The zero-order valence-corrected chi connectivity index (χ0v) is 16.4. The molecule has 2 aromatic carbocycles. The van der Waals surface area contributed by atoms with Crippen LogP contribution in [0.25, 0.3) is 5.69 Å². The van der Waals surface area contributed by atoms with Crippen molar-refractivity contribution in [2.24, 2.45) is 0 Å². The Balaban J connectivity index is 1.71. The fraction of sp³-hybridized carbons (Fsp3) is 0.150. The number of aromatic nitrogens is 3. The molecule has 148 valence electrons. The van der Waals surface area contributed by atoms with Gasteiger partial charge in [0.2, 0.25) is 10.0 Å². The molecule has 2 N–H and O–H groups in total. The van der Waals surface area contributed by atoms with E-state index in [2.05, 4.69) is 26.0 Å². The van der Waals surface area contributed by atoms with Gasteiger partial charge in [-0.25, -0.2) is 18.1 Å². The molecule has 0 aliphatic heterocycles. The van der Waals surface area contributed by atoms with E-state index in [0.717, 1.165) is 11.3 Å². The van der Waals surface area contributed by atoms with Gasteiger partial charge in [-0.05, 0) is 42.8 Å². The number of nitrogens with zero attached hydrogens (tertiary/aromatic N) is 3. The standard InChI is InChI=1S/C20H19N5O3S/c1-3-11-23-29(27,28)19-6-4-5-17(12-19)20(26)24-15(2)16-7-9-18(10-8-16)25-14-21-13-22-25/h1,4-10,12-15,23H,11H2,2H3,(H,24,26)/t15-/m0/s1. The number of carbonyl (C=O) groups is 1. The van der Waals surface area contributed by atoms with Crippen LogP contribution < -0.4 is 10.0 Å². The van der Waals surface area contributed by atoms with Crippen molar-refractivity contribution in [1.29, 1.82) is 0 Å². The summed E-state index contributed by atoms with van der Waals surface area (Å²) >= 11 is 0. The molecule has 0 saturated carbocycles. The highest BCUT2D eigenvalue weighted by molar-refractivity contribution is 7.89. The normalized spacial score (nSPS) is 12.1. The van der Waals surface area contributed by atoms with Crippen molar-refractivity contribution in [3.63, 3.8) is 0 Å². The Kier molecular flexibility index (Phi) is 6.07. The maximum atomic E-state index is 12.6. The fourth-order valence-electron chi connectivity index (χ4n) is 2.65. The molecule has 1 heterocycles. The smallest absolute Gasteiger partial charge is 0.251 e. The maximum Gasteiger partial charge on any atom is 0.251 e. The lowest BCUT2D eigenvalue weighted by atomic mass is 10.1. The summed E-state index contributed by atoms with van der Waals surface area (Å²) in [6.45, 7) is 1.72. The topological polar surface area (TPSA) is 106 Å². The second kappa shape index (κ2) is 8.68. The Hall–Kier alpha value is -3.48. The molecule has 1 aromatic heterocycles. The summed E-state index contributed by atoms with van der Waals surface area (Å²) in [7, 11) is -3.77. The van der Waals surface area contributed by atoms with E-state index in [0.29, 0.717) is 0 Å². The van der Waals surface area contributed by atoms with Gasteiger partial charge in [-0.2, -0.15) is 9.82 Å². The quantitative estimate of drug-likeness (QED) is 0.578. The average molecular weight is 409 g/mol. The van der Waals surface area contributed by atoms with Gasteiger partial charge in [-0.1, -0.05) is 24.1 Å². The van der Waals surface area contributed by atoms with Crippen LogP contribution in [0.1, 0.15) is 28.9 Å². The van der Waals surface area contributed by atoms with Gasteiger partial charge in [0, 0.05) is 5.56 Å². The molecule has 0 bridgehead atoms. The second-order valence-corrected chi connectivity index (χ2v) is 7.95. The largest absolute Gasteiger partial charge is 0.346 e. The highest BCUT2D eigenvalue weighted by atomic mass is 32.2. The molecule has 0 spiro atoms. The molecular weight excluding hydrogens is 390 g/mol. The van der Waals surface area contributed by atoms with Gasteiger partial charge in [-0.15, -0.1) is 6.42 Å². The van der Waals surface area contributed by atoms with Crippen LogP contribution >= 0.6 is 0 Å². The lowest BCUT2D eigenvalue weighted by Gasteiger charge is -2.15. The van der Waals surface area contributed by atoms with Crippen LogP contribution in [0.2, 0.25) is 0 Å².